The van der Waals surface area contributed by atoms with Gasteiger partial charge >= 0.3 is 0 Å². The van der Waals surface area contributed by atoms with Crippen LogP contribution in [0.5, 0.6) is 5.88 Å². The Hall–Kier alpha value is -4.77. The van der Waals surface area contributed by atoms with E-state index in [0.29, 0.717) is 12.1 Å². The number of aryl methyl sites for hydroxylation is 2. The molecule has 1 N–H and O–H groups in total. The quantitative estimate of drug-likeness (QED) is 0.202. The Morgan fingerprint density at radius 3 is 2.52 bits per heavy atom. The fraction of sp³-hybridized carbons (Fsp3) is 0.351. The third kappa shape index (κ3) is 6.26. The van der Waals surface area contributed by atoms with Gasteiger partial charge in [0.1, 0.15) is 6.61 Å². The standard InChI is InChI=1S/C37H40N6O4S.H2/c1-23(2)42-15-12-26-16-28(38-20-32(26)42)21-43-29(19-37(5)13-14-37)22-47-33-18-31(34-24(3)8-6-9-25(34)4)39-36(40-33)41-48(45,46)30-11-7-10-27(17-30)35(43)44;/h6-12,15-18,20,23,29H,13-14,19,21-22H2,1-5H3,(H,39,40,41);1H/t29-;/m1./s1. The highest BCUT2D eigenvalue weighted by molar-refractivity contribution is 7.92. The molecule has 2 aliphatic rings. The van der Waals surface area contributed by atoms with Gasteiger partial charge in [0.2, 0.25) is 11.8 Å². The van der Waals surface area contributed by atoms with Crippen molar-refractivity contribution in [1.82, 2.24) is 24.4 Å². The molecule has 1 amide bonds. The van der Waals surface area contributed by atoms with E-state index in [4.69, 9.17) is 9.72 Å². The number of ether oxygens (including phenoxy) is 1. The molecule has 0 spiro atoms. The monoisotopic (exact) mass is 666 g/mol. The molecule has 1 saturated carbocycles. The van der Waals surface area contributed by atoms with Gasteiger partial charge in [-0.1, -0.05) is 31.2 Å². The number of hydrogen-bond acceptors (Lipinski definition) is 7. The van der Waals surface area contributed by atoms with Crippen molar-refractivity contribution in [1.29, 1.82) is 0 Å². The Balaban J connectivity index is 0.00000417. The number of nitrogens with one attached hydrogen (secondary N) is 1. The van der Waals surface area contributed by atoms with E-state index >= 15 is 0 Å². The van der Waals surface area contributed by atoms with Crippen LogP contribution in [0.1, 0.15) is 74.7 Å². The minimum Gasteiger partial charge on any atom is -0.475 e. The van der Waals surface area contributed by atoms with Crippen LogP contribution in [0.15, 0.2) is 78.0 Å². The third-order valence-corrected chi connectivity index (χ3v) is 10.9. The van der Waals surface area contributed by atoms with Crippen LogP contribution in [0.2, 0.25) is 0 Å². The predicted octanol–water partition coefficient (Wildman–Crippen LogP) is 7.33. The molecule has 250 valence electrons. The van der Waals surface area contributed by atoms with Gasteiger partial charge in [0.25, 0.3) is 15.9 Å². The third-order valence-electron chi connectivity index (χ3n) is 9.57. The molecule has 2 aromatic carbocycles. The SMILES string of the molecule is Cc1cccc(C)c1-c1cc2nc(n1)NS(=O)(=O)c1cccc(c1)C(=O)N(Cc1cc3ccn(C(C)C)c3cn1)[C@H](CC1(C)CC1)CO2.[HH]. The summed E-state index contributed by atoms with van der Waals surface area (Å²) in [4.78, 5) is 30.2. The number of amides is 1. The van der Waals surface area contributed by atoms with Gasteiger partial charge in [-0.05, 0) is 93.8 Å². The van der Waals surface area contributed by atoms with E-state index in [0.717, 1.165) is 46.1 Å². The maximum Gasteiger partial charge on any atom is 0.264 e. The Bertz CT molecular complexity index is 2140. The van der Waals surface area contributed by atoms with E-state index in [1.54, 1.807) is 23.1 Å². The van der Waals surface area contributed by atoms with E-state index < -0.39 is 10.0 Å². The Kier molecular flexibility index (Phi) is 7.98. The Morgan fingerprint density at radius 1 is 1.04 bits per heavy atom. The van der Waals surface area contributed by atoms with Crippen LogP contribution in [0.4, 0.5) is 5.95 Å². The van der Waals surface area contributed by atoms with Gasteiger partial charge in [0, 0.05) is 36.2 Å². The summed E-state index contributed by atoms with van der Waals surface area (Å²) in [6.45, 7) is 10.8. The molecule has 0 radical (unpaired) electrons. The summed E-state index contributed by atoms with van der Waals surface area (Å²) in [5, 5.41) is 1.04. The fourth-order valence-corrected chi connectivity index (χ4v) is 7.63. The normalized spacial score (nSPS) is 18.4. The van der Waals surface area contributed by atoms with Crippen LogP contribution in [0.25, 0.3) is 22.2 Å². The van der Waals surface area contributed by atoms with E-state index in [2.05, 4.69) is 52.3 Å². The second kappa shape index (κ2) is 12.0. The van der Waals surface area contributed by atoms with Gasteiger partial charge in [0.05, 0.1) is 40.6 Å². The van der Waals surface area contributed by atoms with E-state index in [1.807, 2.05) is 44.3 Å². The molecule has 5 aromatic rings. The second-order valence-electron chi connectivity index (χ2n) is 13.8. The molecule has 1 atom stereocenters. The molecule has 4 bridgehead atoms. The van der Waals surface area contributed by atoms with Crippen LogP contribution >= 0.6 is 0 Å². The predicted molar refractivity (Wildman–Crippen MR) is 188 cm³/mol. The molecule has 4 heterocycles. The lowest BCUT2D eigenvalue weighted by Crippen LogP contribution is -2.44. The Labute approximate surface area is 282 Å². The fourth-order valence-electron chi connectivity index (χ4n) is 6.64. The number of rotatable bonds is 6. The summed E-state index contributed by atoms with van der Waals surface area (Å²) in [5.41, 5.74) is 5.50. The van der Waals surface area contributed by atoms with Crippen molar-refractivity contribution < 1.29 is 19.4 Å². The number of carbonyl (C=O) groups is 1. The van der Waals surface area contributed by atoms with E-state index in [9.17, 15) is 13.2 Å². The van der Waals surface area contributed by atoms with Crippen LogP contribution in [-0.4, -0.2) is 51.4 Å². The first-order chi connectivity index (χ1) is 22.9. The molecule has 1 aliphatic heterocycles. The van der Waals surface area contributed by atoms with Gasteiger partial charge in [-0.15, -0.1) is 0 Å². The lowest BCUT2D eigenvalue weighted by Gasteiger charge is -2.33. The van der Waals surface area contributed by atoms with Crippen molar-refractivity contribution in [2.24, 2.45) is 5.41 Å². The van der Waals surface area contributed by atoms with Gasteiger partial charge in [0.15, 0.2) is 0 Å². The molecule has 48 heavy (non-hydrogen) atoms. The second-order valence-corrected chi connectivity index (χ2v) is 15.5. The summed E-state index contributed by atoms with van der Waals surface area (Å²) in [6, 6.07) is 17.8. The number of sulfonamides is 1. The zero-order valence-electron chi connectivity index (χ0n) is 27.9. The minimum absolute atomic E-state index is 0. The average Bonchev–Trinajstić information content (AvgIpc) is 3.61. The van der Waals surface area contributed by atoms with Crippen molar-refractivity contribution in [2.45, 2.75) is 77.4 Å². The smallest absolute Gasteiger partial charge is 0.264 e. The van der Waals surface area contributed by atoms with Crippen LogP contribution in [-0.2, 0) is 16.6 Å². The molecule has 1 fully saturated rings. The molecule has 1 aliphatic carbocycles. The topological polar surface area (TPSA) is 119 Å². The number of benzene rings is 2. The lowest BCUT2D eigenvalue weighted by atomic mass is 9.97. The lowest BCUT2D eigenvalue weighted by molar-refractivity contribution is 0.0537. The number of nitrogens with zero attached hydrogens (tertiary/aromatic N) is 5. The number of hydrogen-bond donors (Lipinski definition) is 1. The molecule has 0 unspecified atom stereocenters. The summed E-state index contributed by atoms with van der Waals surface area (Å²) in [7, 11) is -4.16. The number of anilines is 1. The van der Waals surface area contributed by atoms with E-state index in [1.165, 1.54) is 12.1 Å². The summed E-state index contributed by atoms with van der Waals surface area (Å²) < 4.78 is 38.5. The molecule has 0 saturated heterocycles. The summed E-state index contributed by atoms with van der Waals surface area (Å²) >= 11 is 0. The average molecular weight is 667 g/mol. The number of pyridine rings is 1. The molecule has 3 aromatic heterocycles. The van der Waals surface area contributed by atoms with Gasteiger partial charge in [-0.3, -0.25) is 9.78 Å². The number of aromatic nitrogens is 4. The molecular formula is C37H42N6O4S. The van der Waals surface area contributed by atoms with Crippen molar-refractivity contribution in [3.63, 3.8) is 0 Å². The first-order valence-corrected chi connectivity index (χ1v) is 17.9. The van der Waals surface area contributed by atoms with Crippen LogP contribution < -0.4 is 9.46 Å². The largest absolute Gasteiger partial charge is 0.475 e. The number of fused-ring (bicyclic) bond motifs is 5. The van der Waals surface area contributed by atoms with Crippen molar-refractivity contribution in [3.8, 4) is 17.1 Å². The van der Waals surface area contributed by atoms with Crippen LogP contribution in [0.3, 0.4) is 0 Å². The molecular weight excluding hydrogens is 625 g/mol. The first kappa shape index (κ1) is 31.8. The highest BCUT2D eigenvalue weighted by Gasteiger charge is 2.42. The highest BCUT2D eigenvalue weighted by atomic mass is 32.2. The van der Waals surface area contributed by atoms with Crippen molar-refractivity contribution in [2.75, 3.05) is 11.3 Å². The summed E-state index contributed by atoms with van der Waals surface area (Å²) in [6.07, 6.45) is 6.75. The molecule has 11 heteroatoms. The van der Waals surface area contributed by atoms with Gasteiger partial charge < -0.3 is 14.2 Å². The maximum absolute atomic E-state index is 14.5. The van der Waals surface area contributed by atoms with Crippen molar-refractivity contribution >= 4 is 32.8 Å². The highest BCUT2D eigenvalue weighted by Crippen LogP contribution is 2.49. The van der Waals surface area contributed by atoms with Crippen LogP contribution in [0, 0.1) is 19.3 Å². The first-order valence-electron chi connectivity index (χ1n) is 16.4. The summed E-state index contributed by atoms with van der Waals surface area (Å²) in [5.74, 6) is -0.173. The minimum atomic E-state index is -4.16. The maximum atomic E-state index is 14.5. The van der Waals surface area contributed by atoms with Crippen molar-refractivity contribution in [3.05, 3.63) is 95.4 Å². The van der Waals surface area contributed by atoms with Gasteiger partial charge in [-0.2, -0.15) is 4.98 Å². The van der Waals surface area contributed by atoms with E-state index in [-0.39, 0.29) is 60.3 Å². The van der Waals surface area contributed by atoms with Gasteiger partial charge in [-0.25, -0.2) is 18.1 Å². The Morgan fingerprint density at radius 2 is 1.79 bits per heavy atom. The zero-order chi connectivity index (χ0) is 33.8. The molecule has 7 rings (SSSR count). The zero-order valence-corrected chi connectivity index (χ0v) is 28.7. The number of carbonyl (C=O) groups excluding carboxylic acids is 1. The molecule has 10 nitrogen and oxygen atoms in total.